The number of aromatic carboxylic acids is 1. The maximum absolute atomic E-state index is 13.3. The van der Waals surface area contributed by atoms with Gasteiger partial charge in [0.2, 0.25) is 0 Å². The predicted octanol–water partition coefficient (Wildman–Crippen LogP) is 3.55. The molecule has 0 unspecified atom stereocenters. The molecule has 0 aliphatic carbocycles. The summed E-state index contributed by atoms with van der Waals surface area (Å²) in [5.74, 6) is -4.32. The Bertz CT molecular complexity index is 658. The van der Waals surface area contributed by atoms with Gasteiger partial charge in [0.1, 0.15) is 11.5 Å². The highest BCUT2D eigenvalue weighted by atomic mass is 19.1. The van der Waals surface area contributed by atoms with E-state index in [0.29, 0.717) is 17.7 Å². The maximum atomic E-state index is 13.3. The van der Waals surface area contributed by atoms with Gasteiger partial charge in [0.15, 0.2) is 11.6 Å². The van der Waals surface area contributed by atoms with Gasteiger partial charge in [-0.3, -0.25) is 4.99 Å². The topological polar surface area (TPSA) is 49.7 Å². The van der Waals surface area contributed by atoms with Crippen LogP contribution in [0.4, 0.5) is 18.9 Å². The second-order valence-electron chi connectivity index (χ2n) is 3.90. The number of carboxylic acid groups (broad SMARTS) is 1. The van der Waals surface area contributed by atoms with Crippen LogP contribution in [0.15, 0.2) is 41.4 Å². The van der Waals surface area contributed by atoms with Gasteiger partial charge in [0, 0.05) is 18.3 Å². The third-order valence-corrected chi connectivity index (χ3v) is 2.48. The Kier molecular flexibility index (Phi) is 3.84. The molecule has 0 aromatic heterocycles. The molecule has 0 saturated heterocycles. The molecule has 0 aliphatic rings. The maximum Gasteiger partial charge on any atom is 0.335 e. The predicted molar refractivity (Wildman–Crippen MR) is 67.0 cm³/mol. The van der Waals surface area contributed by atoms with Crippen molar-refractivity contribution in [2.24, 2.45) is 4.99 Å². The standard InChI is InChI=1S/C14H8F3NO2/c15-10-5-11(16)13(12(17)6-10)18-7-8-1-3-9(4-2-8)14(19)20/h1-7H,(H,19,20)/b18-7+. The molecule has 0 radical (unpaired) electrons. The van der Waals surface area contributed by atoms with Crippen LogP contribution in [0.5, 0.6) is 0 Å². The van der Waals surface area contributed by atoms with Crippen LogP contribution in [0.2, 0.25) is 0 Å². The van der Waals surface area contributed by atoms with Crippen molar-refractivity contribution in [3.05, 3.63) is 65.0 Å². The van der Waals surface area contributed by atoms with E-state index in [-0.39, 0.29) is 5.56 Å². The van der Waals surface area contributed by atoms with Crippen molar-refractivity contribution in [2.45, 2.75) is 0 Å². The first-order valence-corrected chi connectivity index (χ1v) is 5.49. The van der Waals surface area contributed by atoms with Crippen LogP contribution in [0.3, 0.4) is 0 Å². The van der Waals surface area contributed by atoms with Crippen molar-refractivity contribution in [1.29, 1.82) is 0 Å². The average Bonchev–Trinajstić information content (AvgIpc) is 2.38. The van der Waals surface area contributed by atoms with Crippen molar-refractivity contribution >= 4 is 17.9 Å². The molecule has 0 bridgehead atoms. The molecule has 0 atom stereocenters. The highest BCUT2D eigenvalue weighted by molar-refractivity contribution is 5.89. The number of carboxylic acids is 1. The van der Waals surface area contributed by atoms with E-state index in [2.05, 4.69) is 4.99 Å². The number of carbonyl (C=O) groups is 1. The summed E-state index contributed by atoms with van der Waals surface area (Å²) < 4.78 is 39.3. The minimum Gasteiger partial charge on any atom is -0.478 e. The second kappa shape index (κ2) is 5.56. The van der Waals surface area contributed by atoms with Gasteiger partial charge in [-0.1, -0.05) is 12.1 Å². The summed E-state index contributed by atoms with van der Waals surface area (Å²) in [7, 11) is 0. The van der Waals surface area contributed by atoms with Gasteiger partial charge >= 0.3 is 5.97 Å². The molecule has 0 heterocycles. The molecule has 0 aliphatic heterocycles. The number of hydrogen-bond donors (Lipinski definition) is 1. The number of rotatable bonds is 3. The molecule has 0 fully saturated rings. The van der Waals surface area contributed by atoms with E-state index in [1.807, 2.05) is 0 Å². The van der Waals surface area contributed by atoms with Crippen molar-refractivity contribution in [3.8, 4) is 0 Å². The Hall–Kier alpha value is -2.63. The molecule has 2 aromatic carbocycles. The first-order chi connectivity index (χ1) is 9.47. The van der Waals surface area contributed by atoms with E-state index < -0.39 is 29.1 Å². The quantitative estimate of drug-likeness (QED) is 0.873. The first-order valence-electron chi connectivity index (χ1n) is 5.49. The lowest BCUT2D eigenvalue weighted by atomic mass is 10.1. The monoisotopic (exact) mass is 279 g/mol. The molecule has 2 rings (SSSR count). The first kappa shape index (κ1) is 13.8. The largest absolute Gasteiger partial charge is 0.478 e. The fourth-order valence-electron chi connectivity index (χ4n) is 1.51. The lowest BCUT2D eigenvalue weighted by molar-refractivity contribution is 0.0697. The highest BCUT2D eigenvalue weighted by Gasteiger charge is 2.09. The molecular formula is C14H8F3NO2. The third kappa shape index (κ3) is 3.03. The molecule has 0 saturated carbocycles. The van der Waals surface area contributed by atoms with E-state index in [4.69, 9.17) is 5.11 Å². The van der Waals surface area contributed by atoms with Crippen molar-refractivity contribution in [2.75, 3.05) is 0 Å². The molecule has 6 heteroatoms. The van der Waals surface area contributed by atoms with Gasteiger partial charge in [-0.25, -0.2) is 18.0 Å². The molecule has 1 N–H and O–H groups in total. The van der Waals surface area contributed by atoms with E-state index in [1.54, 1.807) is 0 Å². The highest BCUT2D eigenvalue weighted by Crippen LogP contribution is 2.23. The Morgan fingerprint density at radius 2 is 1.60 bits per heavy atom. The van der Waals surface area contributed by atoms with E-state index >= 15 is 0 Å². The molecule has 0 amide bonds. The zero-order valence-corrected chi connectivity index (χ0v) is 9.98. The second-order valence-corrected chi connectivity index (χ2v) is 3.90. The average molecular weight is 279 g/mol. The summed E-state index contributed by atoms with van der Waals surface area (Å²) in [4.78, 5) is 14.2. The van der Waals surface area contributed by atoms with Crippen LogP contribution in [0, 0.1) is 17.5 Å². The van der Waals surface area contributed by atoms with Crippen LogP contribution in [0.1, 0.15) is 15.9 Å². The van der Waals surface area contributed by atoms with Gasteiger partial charge in [-0.05, 0) is 17.7 Å². The minimum absolute atomic E-state index is 0.0845. The zero-order valence-electron chi connectivity index (χ0n) is 9.98. The molecule has 3 nitrogen and oxygen atoms in total. The lowest BCUT2D eigenvalue weighted by Crippen LogP contribution is -1.95. The summed E-state index contributed by atoms with van der Waals surface area (Å²) in [6.45, 7) is 0. The molecule has 20 heavy (non-hydrogen) atoms. The Morgan fingerprint density at radius 1 is 1.05 bits per heavy atom. The van der Waals surface area contributed by atoms with Gasteiger partial charge in [0.05, 0.1) is 5.56 Å². The van der Waals surface area contributed by atoms with E-state index in [9.17, 15) is 18.0 Å². The van der Waals surface area contributed by atoms with Crippen LogP contribution in [0.25, 0.3) is 0 Å². The SMILES string of the molecule is O=C(O)c1ccc(/C=N/c2c(F)cc(F)cc2F)cc1. The summed E-state index contributed by atoms with van der Waals surface area (Å²) in [5.41, 5.74) is -0.0619. The van der Waals surface area contributed by atoms with Crippen LogP contribution >= 0.6 is 0 Å². The Morgan fingerprint density at radius 3 is 2.10 bits per heavy atom. The number of aliphatic imine (C=N–C) groups is 1. The zero-order chi connectivity index (χ0) is 14.7. The van der Waals surface area contributed by atoms with Gasteiger partial charge in [0.25, 0.3) is 0 Å². The summed E-state index contributed by atoms with van der Waals surface area (Å²) in [6.07, 6.45) is 1.16. The van der Waals surface area contributed by atoms with Crippen LogP contribution in [-0.2, 0) is 0 Å². The number of benzene rings is 2. The van der Waals surface area contributed by atoms with Crippen molar-refractivity contribution < 1.29 is 23.1 Å². The van der Waals surface area contributed by atoms with Gasteiger partial charge in [-0.2, -0.15) is 0 Å². The van der Waals surface area contributed by atoms with Gasteiger partial charge < -0.3 is 5.11 Å². The van der Waals surface area contributed by atoms with Crippen molar-refractivity contribution in [3.63, 3.8) is 0 Å². The normalized spacial score (nSPS) is 10.9. The number of nitrogens with zero attached hydrogens (tertiary/aromatic N) is 1. The molecular weight excluding hydrogens is 271 g/mol. The fraction of sp³-hybridized carbons (Fsp3) is 0. The Balaban J connectivity index is 2.27. The summed E-state index contributed by atoms with van der Waals surface area (Å²) in [5, 5.41) is 8.71. The fourth-order valence-corrected chi connectivity index (χ4v) is 1.51. The number of hydrogen-bond acceptors (Lipinski definition) is 2. The molecule has 0 spiro atoms. The lowest BCUT2D eigenvalue weighted by Gasteiger charge is -2.00. The van der Waals surface area contributed by atoms with Crippen LogP contribution in [-0.4, -0.2) is 17.3 Å². The summed E-state index contributed by atoms with van der Waals surface area (Å²) >= 11 is 0. The van der Waals surface area contributed by atoms with E-state index in [0.717, 1.165) is 6.21 Å². The van der Waals surface area contributed by atoms with Crippen molar-refractivity contribution in [1.82, 2.24) is 0 Å². The van der Waals surface area contributed by atoms with Gasteiger partial charge in [-0.15, -0.1) is 0 Å². The third-order valence-electron chi connectivity index (χ3n) is 2.48. The minimum atomic E-state index is -1.11. The van der Waals surface area contributed by atoms with Crippen LogP contribution < -0.4 is 0 Å². The Labute approximate surface area is 112 Å². The summed E-state index contributed by atoms with van der Waals surface area (Å²) in [6, 6.07) is 6.60. The smallest absolute Gasteiger partial charge is 0.335 e. The molecule has 2 aromatic rings. The molecule has 102 valence electrons. The van der Waals surface area contributed by atoms with E-state index in [1.165, 1.54) is 24.3 Å². The number of halogens is 3.